The van der Waals surface area contributed by atoms with Crippen LogP contribution in [-0.4, -0.2) is 3.21 Å². The fourth-order valence-electron chi connectivity index (χ4n) is 8.51. The van der Waals surface area contributed by atoms with Gasteiger partial charge in [-0.1, -0.05) is 0 Å². The Balaban J connectivity index is 0.00000266. The van der Waals surface area contributed by atoms with Crippen molar-refractivity contribution in [2.75, 3.05) is 0 Å². The molecule has 2 aliphatic rings. The summed E-state index contributed by atoms with van der Waals surface area (Å²) in [6.45, 7) is 14.2. The third kappa shape index (κ3) is 8.33. The molecule has 0 aromatic heterocycles. The summed E-state index contributed by atoms with van der Waals surface area (Å²) >= 11 is 4.77. The second-order valence-electron chi connectivity index (χ2n) is 16.8. The molecule has 282 valence electrons. The molecule has 0 heterocycles. The molecule has 0 saturated carbocycles. The third-order valence-corrected chi connectivity index (χ3v) is 20.3. The summed E-state index contributed by atoms with van der Waals surface area (Å²) in [5, 5.41) is 0. The molecule has 0 bridgehead atoms. The zero-order valence-corrected chi connectivity index (χ0v) is 39.9. The van der Waals surface area contributed by atoms with E-state index >= 15 is 0 Å². The van der Waals surface area contributed by atoms with Crippen molar-refractivity contribution < 1.29 is 46.1 Å². The molecule has 0 fully saturated rings. The maximum Gasteiger partial charge on any atom is -1.00 e. The average molecular weight is 981 g/mol. The van der Waals surface area contributed by atoms with Gasteiger partial charge in [-0.15, -0.1) is 0 Å². The molecule has 0 radical (unpaired) electrons. The van der Waals surface area contributed by atoms with Crippen molar-refractivity contribution in [1.82, 2.24) is 0 Å². The first-order valence-corrected chi connectivity index (χ1v) is 24.4. The molecule has 5 heteroatoms. The summed E-state index contributed by atoms with van der Waals surface area (Å²) in [6.07, 6.45) is 8.18. The van der Waals surface area contributed by atoms with E-state index in [1.807, 2.05) is 0 Å². The van der Waals surface area contributed by atoms with Crippen LogP contribution in [0.2, 0.25) is 0 Å². The summed E-state index contributed by atoms with van der Waals surface area (Å²) in [7, 11) is 0. The van der Waals surface area contributed by atoms with Gasteiger partial charge < -0.3 is 24.8 Å². The van der Waals surface area contributed by atoms with E-state index in [1.165, 1.54) is 66.8 Å². The first-order chi connectivity index (χ1) is 25.9. The summed E-state index contributed by atoms with van der Waals surface area (Å²) in [6, 6.07) is 50.7. The Hall–Kier alpha value is -2.91. The second-order valence-corrected chi connectivity index (χ2v) is 24.9. The van der Waals surface area contributed by atoms with Gasteiger partial charge in [0.15, 0.2) is 0 Å². The van der Waals surface area contributed by atoms with Crippen molar-refractivity contribution in [3.8, 4) is 33.4 Å². The summed E-state index contributed by atoms with van der Waals surface area (Å²) in [5.74, 6) is 0. The molecule has 2 aliphatic carbocycles. The Morgan fingerprint density at radius 3 is 1.36 bits per heavy atom. The van der Waals surface area contributed by atoms with Gasteiger partial charge in [0.25, 0.3) is 0 Å². The number of hydrogen-bond acceptors (Lipinski definition) is 0. The molecule has 0 atom stereocenters. The third-order valence-electron chi connectivity index (χ3n) is 11.0. The summed E-state index contributed by atoms with van der Waals surface area (Å²) < 4.78 is 5.68. The van der Waals surface area contributed by atoms with Gasteiger partial charge in [0, 0.05) is 0 Å². The fourth-order valence-corrected chi connectivity index (χ4v) is 18.2. The van der Waals surface area contributed by atoms with Crippen molar-refractivity contribution in [2.24, 2.45) is 0 Å². The van der Waals surface area contributed by atoms with Gasteiger partial charge in [0.1, 0.15) is 0 Å². The molecule has 0 spiro atoms. The van der Waals surface area contributed by atoms with Gasteiger partial charge in [0.2, 0.25) is 0 Å². The smallest absolute Gasteiger partial charge is 1.00 e. The van der Waals surface area contributed by atoms with Crippen LogP contribution in [-0.2, 0) is 32.1 Å². The molecule has 0 nitrogen and oxygen atoms in total. The van der Waals surface area contributed by atoms with Crippen molar-refractivity contribution >= 4 is 35.1 Å². The first-order valence-electron chi connectivity index (χ1n) is 19.0. The second kappa shape index (κ2) is 17.1. The molecular formula is C51H46Br2Cl2Zr. The standard InChI is InChI=1S/C33H33.C13H8Br2.C5H5.2ClH.Zr/c1-32(2,3)30-20-26-24(18-28(30)22-13-9-7-10-14-22)17-25-19-29(23-15-11-8-12-16-23)31(21-27(25)26)33(4,5)6;14-12-5-1-3-10(8-12)7-11-4-2-6-13(15)9-11;1-2-4-5-3-1;;;/h7-21H,1-6H3;1-6,8-9H;1-3H,4H2;2*1H;/q;;;;;+2/p-2. The Bertz CT molecular complexity index is 2350. The molecule has 0 N–H and O–H groups in total. The number of rotatable bonds is 6. The summed E-state index contributed by atoms with van der Waals surface area (Å²) in [5.41, 5.74) is 16.5. The number of fused-ring (bicyclic) bond motifs is 3. The van der Waals surface area contributed by atoms with Crippen molar-refractivity contribution in [1.29, 1.82) is 0 Å². The van der Waals surface area contributed by atoms with Gasteiger partial charge in [-0.05, 0) is 0 Å². The van der Waals surface area contributed by atoms with E-state index in [4.69, 9.17) is 0 Å². The molecule has 0 saturated heterocycles. The first kappa shape index (κ1) is 42.7. The molecule has 8 rings (SSSR count). The average Bonchev–Trinajstić information content (AvgIpc) is 3.79. The van der Waals surface area contributed by atoms with Crippen LogP contribution in [0, 0.1) is 0 Å². The van der Waals surface area contributed by atoms with E-state index < -0.39 is 21.3 Å². The van der Waals surface area contributed by atoms with E-state index in [-0.39, 0.29) is 39.3 Å². The Kier molecular flexibility index (Phi) is 13.1. The predicted octanol–water partition coefficient (Wildman–Crippen LogP) is 8.95. The molecule has 0 aliphatic heterocycles. The van der Waals surface area contributed by atoms with Crippen LogP contribution in [0.5, 0.6) is 0 Å². The van der Waals surface area contributed by atoms with Crippen molar-refractivity contribution in [3.05, 3.63) is 197 Å². The number of halogens is 4. The number of allylic oxidation sites excluding steroid dienone is 4. The summed E-state index contributed by atoms with van der Waals surface area (Å²) in [4.78, 5) is 0. The molecule has 0 unspecified atom stereocenters. The number of hydrogen-bond donors (Lipinski definition) is 0. The van der Waals surface area contributed by atoms with Gasteiger partial charge in [0.05, 0.1) is 0 Å². The normalized spacial score (nSPS) is 13.2. The maximum absolute atomic E-state index is 3.88. The molecular weight excluding hydrogens is 934 g/mol. The van der Waals surface area contributed by atoms with Gasteiger partial charge >= 0.3 is 349 Å². The van der Waals surface area contributed by atoms with Crippen LogP contribution in [0.4, 0.5) is 0 Å². The Morgan fingerprint density at radius 1 is 0.536 bits per heavy atom. The van der Waals surface area contributed by atoms with Gasteiger partial charge in [-0.3, -0.25) is 0 Å². The monoisotopic (exact) mass is 976 g/mol. The number of benzene rings is 6. The minimum absolute atomic E-state index is 0. The minimum Gasteiger partial charge on any atom is -1.00 e. The van der Waals surface area contributed by atoms with Crippen molar-refractivity contribution in [3.63, 3.8) is 0 Å². The molecule has 6 aromatic carbocycles. The molecule has 6 aromatic rings. The van der Waals surface area contributed by atoms with Crippen LogP contribution in [0.3, 0.4) is 0 Å². The van der Waals surface area contributed by atoms with E-state index in [0.29, 0.717) is 0 Å². The molecule has 56 heavy (non-hydrogen) atoms. The zero-order chi connectivity index (χ0) is 37.8. The van der Waals surface area contributed by atoms with Crippen molar-refractivity contribution in [2.45, 2.75) is 62.4 Å². The van der Waals surface area contributed by atoms with Crippen LogP contribution < -0.4 is 24.8 Å². The molecule has 0 amide bonds. The Labute approximate surface area is 370 Å². The fraction of sp³-hybridized carbons (Fsp3) is 0.196. The van der Waals surface area contributed by atoms with Crippen LogP contribution in [0.25, 0.3) is 33.4 Å². The van der Waals surface area contributed by atoms with E-state index in [1.54, 1.807) is 6.49 Å². The van der Waals surface area contributed by atoms with E-state index in [2.05, 4.69) is 225 Å². The quantitative estimate of drug-likeness (QED) is 0.157. The maximum atomic E-state index is 3.88. The van der Waals surface area contributed by atoms with Crippen LogP contribution in [0.1, 0.15) is 85.0 Å². The van der Waals surface area contributed by atoms with Gasteiger partial charge in [-0.25, -0.2) is 0 Å². The largest absolute Gasteiger partial charge is 1.00 e. The van der Waals surface area contributed by atoms with Gasteiger partial charge in [-0.2, -0.15) is 0 Å². The van der Waals surface area contributed by atoms with Crippen LogP contribution in [0.15, 0.2) is 164 Å². The SMILES string of the molecule is CC(C)(C)c1cc2c(cc1-c1ccccc1)[CH]([Zr+2]([C]1=CC=CC1)=[C](c1cccc(Br)c1)c1cccc(Br)c1)c1cc(-c3ccccc3)c(C(C)(C)C)cc1-2.[Cl-].[Cl-]. The minimum atomic E-state index is -2.99. The van der Waals surface area contributed by atoms with E-state index in [9.17, 15) is 0 Å². The predicted molar refractivity (Wildman–Crippen MR) is 235 cm³/mol. The van der Waals surface area contributed by atoms with Crippen LogP contribution >= 0.6 is 31.9 Å². The zero-order valence-electron chi connectivity index (χ0n) is 32.7. The Morgan fingerprint density at radius 2 is 0.982 bits per heavy atom. The topological polar surface area (TPSA) is 0 Å². The van der Waals surface area contributed by atoms with E-state index in [0.717, 1.165) is 15.4 Å².